The van der Waals surface area contributed by atoms with Crippen LogP contribution in [0.3, 0.4) is 0 Å². The number of ketones is 1. The van der Waals surface area contributed by atoms with Gasteiger partial charge in [-0.3, -0.25) is 9.59 Å². The van der Waals surface area contributed by atoms with Crippen LogP contribution in [0.1, 0.15) is 33.1 Å². The van der Waals surface area contributed by atoms with Gasteiger partial charge in [-0.05, 0) is 25.5 Å². The maximum Gasteiger partial charge on any atom is 0.310 e. The largest absolute Gasteiger partial charge is 0.451 e. The summed E-state index contributed by atoms with van der Waals surface area (Å²) in [5.74, 6) is 0.123. The molecule has 0 bridgehead atoms. The molecule has 0 spiro atoms. The number of hydrogen-bond acceptors (Lipinski definition) is 5. The van der Waals surface area contributed by atoms with E-state index < -0.39 is 5.60 Å². The topological polar surface area (TPSA) is 68.3 Å². The summed E-state index contributed by atoms with van der Waals surface area (Å²) in [6, 6.07) is 5.44. The zero-order chi connectivity index (χ0) is 14.6. The van der Waals surface area contributed by atoms with Crippen LogP contribution in [0.15, 0.2) is 24.4 Å². The lowest BCUT2D eigenvalue weighted by Gasteiger charge is -2.21. The number of ether oxygens (including phenoxy) is 1. The molecular formula is C15H20N2O3. The summed E-state index contributed by atoms with van der Waals surface area (Å²) in [6.45, 7) is 3.83. The summed E-state index contributed by atoms with van der Waals surface area (Å²) >= 11 is 0. The number of carbonyl (C=O) groups excluding carboxylic acids is 2. The molecule has 1 fully saturated rings. The first kappa shape index (κ1) is 14.5. The Kier molecular flexibility index (Phi) is 4.37. The Bertz CT molecular complexity index is 489. The number of nitrogens with one attached hydrogen (secondary N) is 1. The molecule has 0 unspecified atom stereocenters. The number of cyclic esters (lactones) is 1. The van der Waals surface area contributed by atoms with Gasteiger partial charge in [0.2, 0.25) is 0 Å². The van der Waals surface area contributed by atoms with Gasteiger partial charge in [0.05, 0.1) is 12.5 Å². The van der Waals surface area contributed by atoms with Crippen molar-refractivity contribution in [2.45, 2.75) is 38.7 Å². The third-order valence-electron chi connectivity index (χ3n) is 3.62. The highest BCUT2D eigenvalue weighted by Gasteiger charge is 2.47. The Morgan fingerprint density at radius 3 is 3.00 bits per heavy atom. The predicted octanol–water partition coefficient (Wildman–Crippen LogP) is 2.18. The van der Waals surface area contributed by atoms with E-state index in [1.165, 1.54) is 0 Å². The molecule has 2 atom stereocenters. The van der Waals surface area contributed by atoms with E-state index in [1.807, 2.05) is 19.1 Å². The van der Waals surface area contributed by atoms with Gasteiger partial charge in [-0.2, -0.15) is 0 Å². The van der Waals surface area contributed by atoms with E-state index in [4.69, 9.17) is 4.74 Å². The van der Waals surface area contributed by atoms with Crippen molar-refractivity contribution in [1.29, 1.82) is 0 Å². The molecular weight excluding hydrogens is 256 g/mol. The van der Waals surface area contributed by atoms with Crippen LogP contribution >= 0.6 is 0 Å². The van der Waals surface area contributed by atoms with Gasteiger partial charge in [-0.15, -0.1) is 0 Å². The smallest absolute Gasteiger partial charge is 0.310 e. The first-order chi connectivity index (χ1) is 9.55. The molecule has 1 aliphatic rings. The van der Waals surface area contributed by atoms with E-state index in [2.05, 4.69) is 10.3 Å². The standard InChI is InChI=1S/C15H20N2O3/c1-3-6-11-9-15(2,20-14(11)19)12(18)10-17-13-7-4-5-8-16-13/h4-5,7-8,11H,3,6,9-10H2,1-2H3,(H,16,17)/t11-,15-/m1/s1. The molecule has 5 nitrogen and oxygen atoms in total. The highest BCUT2D eigenvalue weighted by atomic mass is 16.6. The molecule has 0 aromatic carbocycles. The number of anilines is 1. The second-order valence-electron chi connectivity index (χ2n) is 5.33. The normalized spacial score (nSPS) is 25.3. The minimum Gasteiger partial charge on any atom is -0.451 e. The highest BCUT2D eigenvalue weighted by Crippen LogP contribution is 2.34. The maximum atomic E-state index is 12.3. The summed E-state index contributed by atoms with van der Waals surface area (Å²) < 4.78 is 5.32. The predicted molar refractivity (Wildman–Crippen MR) is 75.2 cm³/mol. The molecule has 1 aliphatic heterocycles. The lowest BCUT2D eigenvalue weighted by atomic mass is 9.89. The fourth-order valence-corrected chi connectivity index (χ4v) is 2.46. The van der Waals surface area contributed by atoms with Crippen molar-refractivity contribution in [2.75, 3.05) is 11.9 Å². The molecule has 1 aromatic heterocycles. The minimum absolute atomic E-state index is 0.111. The maximum absolute atomic E-state index is 12.3. The van der Waals surface area contributed by atoms with Crippen LogP contribution < -0.4 is 5.32 Å². The van der Waals surface area contributed by atoms with Crippen molar-refractivity contribution in [2.24, 2.45) is 5.92 Å². The molecule has 5 heteroatoms. The molecule has 1 N–H and O–H groups in total. The zero-order valence-electron chi connectivity index (χ0n) is 11.9. The van der Waals surface area contributed by atoms with Crippen LogP contribution in [-0.2, 0) is 14.3 Å². The van der Waals surface area contributed by atoms with Crippen LogP contribution in [0.5, 0.6) is 0 Å². The zero-order valence-corrected chi connectivity index (χ0v) is 11.9. The number of nitrogens with zero attached hydrogens (tertiary/aromatic N) is 1. The van der Waals surface area contributed by atoms with Crippen LogP contribution in [0, 0.1) is 5.92 Å². The van der Waals surface area contributed by atoms with Crippen molar-refractivity contribution in [3.05, 3.63) is 24.4 Å². The SMILES string of the molecule is CCC[C@@H]1C[C@](C)(C(=O)CNc2ccccn2)OC1=O. The Labute approximate surface area is 118 Å². The summed E-state index contributed by atoms with van der Waals surface area (Å²) in [7, 11) is 0. The van der Waals surface area contributed by atoms with E-state index in [9.17, 15) is 9.59 Å². The number of hydrogen-bond donors (Lipinski definition) is 1. The quantitative estimate of drug-likeness (QED) is 0.807. The molecule has 2 heterocycles. The second-order valence-corrected chi connectivity index (χ2v) is 5.33. The first-order valence-electron chi connectivity index (χ1n) is 6.96. The van der Waals surface area contributed by atoms with Crippen molar-refractivity contribution in [3.8, 4) is 0 Å². The second kappa shape index (κ2) is 6.03. The first-order valence-corrected chi connectivity index (χ1v) is 6.96. The summed E-state index contributed by atoms with van der Waals surface area (Å²) in [5.41, 5.74) is -1.00. The van der Waals surface area contributed by atoms with Gasteiger partial charge in [-0.1, -0.05) is 19.4 Å². The molecule has 0 aliphatic carbocycles. The molecule has 108 valence electrons. The van der Waals surface area contributed by atoms with E-state index in [0.717, 1.165) is 12.8 Å². The Morgan fingerprint density at radius 2 is 2.35 bits per heavy atom. The van der Waals surface area contributed by atoms with Crippen LogP contribution in [-0.4, -0.2) is 28.9 Å². The van der Waals surface area contributed by atoms with E-state index >= 15 is 0 Å². The molecule has 1 aromatic rings. The van der Waals surface area contributed by atoms with E-state index in [-0.39, 0.29) is 24.2 Å². The highest BCUT2D eigenvalue weighted by molar-refractivity contribution is 5.94. The molecule has 1 saturated heterocycles. The van der Waals surface area contributed by atoms with Crippen LogP contribution in [0.25, 0.3) is 0 Å². The lowest BCUT2D eigenvalue weighted by Crippen LogP contribution is -2.39. The summed E-state index contributed by atoms with van der Waals surface area (Å²) in [5, 5.41) is 2.96. The molecule has 20 heavy (non-hydrogen) atoms. The average Bonchev–Trinajstić information content (AvgIpc) is 2.74. The van der Waals surface area contributed by atoms with Gasteiger partial charge >= 0.3 is 5.97 Å². The Hall–Kier alpha value is -1.91. The number of Topliss-reactive ketones (excluding diaryl/α,β-unsaturated/α-hetero) is 1. The fraction of sp³-hybridized carbons (Fsp3) is 0.533. The molecule has 0 amide bonds. The Morgan fingerprint density at radius 1 is 1.55 bits per heavy atom. The van der Waals surface area contributed by atoms with Gasteiger partial charge in [-0.25, -0.2) is 4.98 Å². The van der Waals surface area contributed by atoms with Crippen molar-refractivity contribution in [1.82, 2.24) is 4.98 Å². The third-order valence-corrected chi connectivity index (χ3v) is 3.62. The van der Waals surface area contributed by atoms with Crippen LogP contribution in [0.4, 0.5) is 5.82 Å². The van der Waals surface area contributed by atoms with E-state index in [0.29, 0.717) is 12.2 Å². The summed E-state index contributed by atoms with van der Waals surface area (Å²) in [6.07, 6.45) is 3.81. The van der Waals surface area contributed by atoms with Gasteiger partial charge in [0.1, 0.15) is 5.82 Å². The number of rotatable bonds is 6. The Balaban J connectivity index is 1.94. The van der Waals surface area contributed by atoms with Gasteiger partial charge in [0.25, 0.3) is 0 Å². The number of esters is 1. The lowest BCUT2D eigenvalue weighted by molar-refractivity contribution is -0.156. The van der Waals surface area contributed by atoms with E-state index in [1.54, 1.807) is 19.2 Å². The monoisotopic (exact) mass is 276 g/mol. The fourth-order valence-electron chi connectivity index (χ4n) is 2.46. The number of carbonyl (C=O) groups is 2. The molecule has 2 rings (SSSR count). The van der Waals surface area contributed by atoms with Crippen molar-refractivity contribution in [3.63, 3.8) is 0 Å². The third kappa shape index (κ3) is 3.15. The average molecular weight is 276 g/mol. The molecule has 0 saturated carbocycles. The van der Waals surface area contributed by atoms with Crippen LogP contribution in [0.2, 0.25) is 0 Å². The minimum atomic E-state index is -1.00. The molecule has 0 radical (unpaired) electrons. The van der Waals surface area contributed by atoms with Gasteiger partial charge in [0, 0.05) is 12.6 Å². The van der Waals surface area contributed by atoms with Gasteiger partial charge < -0.3 is 10.1 Å². The van der Waals surface area contributed by atoms with Crippen molar-refractivity contribution >= 4 is 17.6 Å². The van der Waals surface area contributed by atoms with Gasteiger partial charge in [0.15, 0.2) is 11.4 Å². The summed E-state index contributed by atoms with van der Waals surface area (Å²) in [4.78, 5) is 28.1. The number of pyridine rings is 1. The van der Waals surface area contributed by atoms with Crippen molar-refractivity contribution < 1.29 is 14.3 Å². The number of aromatic nitrogens is 1.